The van der Waals surface area contributed by atoms with E-state index in [0.717, 1.165) is 0 Å². The molecule has 0 amide bonds. The SMILES string of the molecule is CC1C(c2ccccc2)=C2C(=C1c1ccccc1)c1cc3ccccc3c3cccc2c13. The Morgan fingerprint density at radius 2 is 1.06 bits per heavy atom. The first-order valence-electron chi connectivity index (χ1n) is 11.4. The molecule has 7 rings (SSSR count). The highest BCUT2D eigenvalue weighted by atomic mass is 14.4. The molecule has 150 valence electrons. The smallest absolute Gasteiger partial charge is 0.00856 e. The standard InChI is InChI=1S/C32H22/c1-20-28(21-11-4-2-5-12-21)31-26-18-10-17-25-24-16-9-8-15-23(24)19-27(30(25)26)32(31)29(20)22-13-6-3-7-14-22/h2-20H,1H3. The summed E-state index contributed by atoms with van der Waals surface area (Å²) in [5.74, 6) is 0.333. The van der Waals surface area contributed by atoms with Crippen LogP contribution in [0.15, 0.2) is 109 Å². The van der Waals surface area contributed by atoms with Gasteiger partial charge in [-0.3, -0.25) is 0 Å². The van der Waals surface area contributed by atoms with Gasteiger partial charge in [-0.1, -0.05) is 110 Å². The van der Waals surface area contributed by atoms with Gasteiger partial charge in [0, 0.05) is 5.92 Å². The molecule has 5 aromatic rings. The van der Waals surface area contributed by atoms with E-state index in [4.69, 9.17) is 0 Å². The predicted octanol–water partition coefficient (Wildman–Crippen LogP) is 8.48. The van der Waals surface area contributed by atoms with E-state index in [2.05, 4.69) is 116 Å². The van der Waals surface area contributed by atoms with Crippen LogP contribution in [0.3, 0.4) is 0 Å². The van der Waals surface area contributed by atoms with Crippen LogP contribution in [0, 0.1) is 5.92 Å². The lowest BCUT2D eigenvalue weighted by molar-refractivity contribution is 1.00. The quantitative estimate of drug-likeness (QED) is 0.258. The van der Waals surface area contributed by atoms with E-state index in [1.807, 2.05) is 0 Å². The maximum Gasteiger partial charge on any atom is 0.00856 e. The summed E-state index contributed by atoms with van der Waals surface area (Å²) in [4.78, 5) is 0. The molecule has 1 unspecified atom stereocenters. The van der Waals surface area contributed by atoms with E-state index < -0.39 is 0 Å². The maximum absolute atomic E-state index is 2.42. The van der Waals surface area contributed by atoms with E-state index in [0.29, 0.717) is 5.92 Å². The highest BCUT2D eigenvalue weighted by Crippen LogP contribution is 2.60. The molecule has 32 heavy (non-hydrogen) atoms. The monoisotopic (exact) mass is 406 g/mol. The summed E-state index contributed by atoms with van der Waals surface area (Å²) in [7, 11) is 0. The van der Waals surface area contributed by atoms with Crippen LogP contribution in [-0.2, 0) is 0 Å². The maximum atomic E-state index is 2.42. The molecule has 0 bridgehead atoms. The number of benzene rings is 5. The molecule has 5 aromatic carbocycles. The second-order valence-electron chi connectivity index (χ2n) is 8.90. The molecular formula is C32H22. The summed E-state index contributed by atoms with van der Waals surface area (Å²) in [6.45, 7) is 2.38. The minimum absolute atomic E-state index is 0.333. The van der Waals surface area contributed by atoms with E-state index in [9.17, 15) is 0 Å². The summed E-state index contributed by atoms with van der Waals surface area (Å²) < 4.78 is 0. The molecule has 0 N–H and O–H groups in total. The summed E-state index contributed by atoms with van der Waals surface area (Å²) in [5, 5.41) is 5.42. The van der Waals surface area contributed by atoms with Crippen LogP contribution in [0.5, 0.6) is 0 Å². The van der Waals surface area contributed by atoms with Crippen molar-refractivity contribution in [1.29, 1.82) is 0 Å². The first kappa shape index (κ1) is 17.7. The Morgan fingerprint density at radius 3 is 1.75 bits per heavy atom. The van der Waals surface area contributed by atoms with Crippen LogP contribution in [0.4, 0.5) is 0 Å². The molecule has 0 heterocycles. The minimum Gasteiger partial charge on any atom is -0.0622 e. The number of hydrogen-bond donors (Lipinski definition) is 0. The zero-order valence-electron chi connectivity index (χ0n) is 18.0. The minimum atomic E-state index is 0.333. The highest BCUT2D eigenvalue weighted by molar-refractivity contribution is 6.38. The molecule has 0 aromatic heterocycles. The largest absolute Gasteiger partial charge is 0.0622 e. The number of fused-ring (bicyclic) bond motifs is 5. The normalized spacial score (nSPS) is 17.0. The lowest BCUT2D eigenvalue weighted by Crippen LogP contribution is -2.00. The number of allylic oxidation sites excluding steroid dienone is 4. The fourth-order valence-electron chi connectivity index (χ4n) is 6.00. The third-order valence-corrected chi connectivity index (χ3v) is 7.25. The molecule has 0 nitrogen and oxygen atoms in total. The van der Waals surface area contributed by atoms with Crippen molar-refractivity contribution in [1.82, 2.24) is 0 Å². The molecule has 2 aliphatic rings. The van der Waals surface area contributed by atoms with Crippen LogP contribution in [0.2, 0.25) is 0 Å². The van der Waals surface area contributed by atoms with Crippen LogP contribution in [-0.4, -0.2) is 0 Å². The van der Waals surface area contributed by atoms with Gasteiger partial charge in [-0.25, -0.2) is 0 Å². The van der Waals surface area contributed by atoms with Crippen molar-refractivity contribution in [3.05, 3.63) is 131 Å². The Bertz CT molecular complexity index is 1600. The predicted molar refractivity (Wildman–Crippen MR) is 137 cm³/mol. The van der Waals surface area contributed by atoms with E-state index in [1.165, 1.54) is 66.1 Å². The highest BCUT2D eigenvalue weighted by Gasteiger charge is 2.39. The van der Waals surface area contributed by atoms with E-state index in [1.54, 1.807) is 0 Å². The van der Waals surface area contributed by atoms with E-state index in [-0.39, 0.29) is 0 Å². The summed E-state index contributed by atoms with van der Waals surface area (Å²) >= 11 is 0. The van der Waals surface area contributed by atoms with Gasteiger partial charge in [0.05, 0.1) is 0 Å². The average Bonchev–Trinajstić information content (AvgIpc) is 3.33. The van der Waals surface area contributed by atoms with Gasteiger partial charge >= 0.3 is 0 Å². The molecule has 0 saturated heterocycles. The van der Waals surface area contributed by atoms with Gasteiger partial charge in [0.25, 0.3) is 0 Å². The molecular weight excluding hydrogens is 384 g/mol. The van der Waals surface area contributed by atoms with Crippen molar-refractivity contribution < 1.29 is 0 Å². The third-order valence-electron chi connectivity index (χ3n) is 7.25. The second-order valence-corrected chi connectivity index (χ2v) is 8.90. The molecule has 0 fully saturated rings. The van der Waals surface area contributed by atoms with Crippen LogP contribution >= 0.6 is 0 Å². The fraction of sp³-hybridized carbons (Fsp3) is 0.0625. The van der Waals surface area contributed by atoms with Crippen molar-refractivity contribution in [3.63, 3.8) is 0 Å². The zero-order chi connectivity index (χ0) is 21.2. The topological polar surface area (TPSA) is 0 Å². The Hall–Kier alpha value is -3.90. The first-order chi connectivity index (χ1) is 15.8. The van der Waals surface area contributed by atoms with Crippen LogP contribution in [0.1, 0.15) is 29.2 Å². The van der Waals surface area contributed by atoms with Crippen molar-refractivity contribution in [2.45, 2.75) is 6.92 Å². The first-order valence-corrected chi connectivity index (χ1v) is 11.4. The van der Waals surface area contributed by atoms with Crippen molar-refractivity contribution >= 4 is 43.8 Å². The molecule has 0 radical (unpaired) electrons. The van der Waals surface area contributed by atoms with Crippen molar-refractivity contribution in [3.8, 4) is 0 Å². The zero-order valence-corrected chi connectivity index (χ0v) is 18.0. The van der Waals surface area contributed by atoms with Crippen LogP contribution in [0.25, 0.3) is 43.8 Å². The Labute approximate surface area is 188 Å². The van der Waals surface area contributed by atoms with Gasteiger partial charge < -0.3 is 0 Å². The summed E-state index contributed by atoms with van der Waals surface area (Å²) in [5.41, 5.74) is 11.2. The molecule has 0 aliphatic heterocycles. The van der Waals surface area contributed by atoms with Gasteiger partial charge in [-0.2, -0.15) is 0 Å². The van der Waals surface area contributed by atoms with Gasteiger partial charge in [0.1, 0.15) is 0 Å². The van der Waals surface area contributed by atoms with Crippen LogP contribution < -0.4 is 0 Å². The lowest BCUT2D eigenvalue weighted by Gasteiger charge is -2.18. The Balaban J connectivity index is 1.67. The summed E-state index contributed by atoms with van der Waals surface area (Å²) in [6.07, 6.45) is 0. The molecule has 2 aliphatic carbocycles. The average molecular weight is 407 g/mol. The van der Waals surface area contributed by atoms with Gasteiger partial charge in [0.15, 0.2) is 0 Å². The number of hydrogen-bond acceptors (Lipinski definition) is 0. The third kappa shape index (κ3) is 2.27. The van der Waals surface area contributed by atoms with Gasteiger partial charge in [0.2, 0.25) is 0 Å². The molecule has 1 atom stereocenters. The fourth-order valence-corrected chi connectivity index (χ4v) is 6.00. The lowest BCUT2D eigenvalue weighted by atomic mass is 9.85. The van der Waals surface area contributed by atoms with E-state index >= 15 is 0 Å². The molecule has 0 saturated carbocycles. The van der Waals surface area contributed by atoms with Crippen molar-refractivity contribution in [2.24, 2.45) is 5.92 Å². The molecule has 0 heteroatoms. The number of rotatable bonds is 2. The Morgan fingerprint density at radius 1 is 0.500 bits per heavy atom. The summed E-state index contributed by atoms with van der Waals surface area (Å²) in [6, 6.07) is 40.0. The second kappa shape index (κ2) is 6.55. The van der Waals surface area contributed by atoms with Crippen molar-refractivity contribution in [2.75, 3.05) is 0 Å². The van der Waals surface area contributed by atoms with Gasteiger partial charge in [-0.15, -0.1) is 0 Å². The Kier molecular flexibility index (Phi) is 3.63. The van der Waals surface area contributed by atoms with Gasteiger partial charge in [-0.05, 0) is 72.2 Å². The molecule has 0 spiro atoms.